The van der Waals surface area contributed by atoms with Gasteiger partial charge in [0.2, 0.25) is 0 Å². The van der Waals surface area contributed by atoms with E-state index in [1.165, 1.54) is 27.8 Å². The first-order chi connectivity index (χ1) is 36.7. The van der Waals surface area contributed by atoms with Crippen LogP contribution in [-0.2, 0) is 27.1 Å². The van der Waals surface area contributed by atoms with E-state index in [2.05, 4.69) is 331 Å². The Morgan fingerprint density at radius 2 is 0.474 bits per heavy atom. The summed E-state index contributed by atoms with van der Waals surface area (Å²) in [5.41, 5.74) is 19.4. The third-order valence-corrected chi connectivity index (χ3v) is 15.5. The van der Waals surface area contributed by atoms with Gasteiger partial charge < -0.3 is 14.7 Å². The number of nitrogens with zero attached hydrogens (tertiary/aromatic N) is 3. The van der Waals surface area contributed by atoms with Crippen molar-refractivity contribution in [3.05, 3.63) is 245 Å². The third kappa shape index (κ3) is 12.2. The standard InChI is InChI=1S/C74H80ClN3/c1-70(2,3)55-30-26-51(27-31-55)53-46-54(52-28-32-56(33-29-52)71(4,5)6)48-65(47-53)78(64-44-38-59(39-45-64)74(13,14)15)68-50-66(76(60-22-18-16-19-23-60)61-24-20-17-21-25-61)49-67(69(68)75)77(62-40-34-57(35-41-62)72(7,8)9)63-42-36-58(37-43-63)73(10,11)12/h16-50H,1-15H3. The molecule has 0 heterocycles. The van der Waals surface area contributed by atoms with E-state index in [-0.39, 0.29) is 27.1 Å². The molecule has 0 spiro atoms. The average molecular weight is 1050 g/mol. The van der Waals surface area contributed by atoms with Crippen LogP contribution in [0.4, 0.5) is 51.2 Å². The highest BCUT2D eigenvalue weighted by Crippen LogP contribution is 2.52. The molecular formula is C74H80ClN3. The highest BCUT2D eigenvalue weighted by Gasteiger charge is 2.29. The van der Waals surface area contributed by atoms with E-state index in [1.807, 2.05) is 0 Å². The molecule has 78 heavy (non-hydrogen) atoms. The van der Waals surface area contributed by atoms with Crippen molar-refractivity contribution in [2.75, 3.05) is 14.7 Å². The van der Waals surface area contributed by atoms with Crippen molar-refractivity contribution in [2.45, 2.75) is 131 Å². The molecule has 0 unspecified atom stereocenters. The largest absolute Gasteiger partial charge is 0.310 e. The molecule has 0 aliphatic rings. The van der Waals surface area contributed by atoms with E-state index < -0.39 is 0 Å². The number of rotatable bonds is 11. The lowest BCUT2D eigenvalue weighted by atomic mass is 9.85. The van der Waals surface area contributed by atoms with Crippen LogP contribution >= 0.6 is 11.6 Å². The predicted molar refractivity (Wildman–Crippen MR) is 340 cm³/mol. The van der Waals surface area contributed by atoms with E-state index in [1.54, 1.807) is 0 Å². The van der Waals surface area contributed by atoms with Gasteiger partial charge in [-0.3, -0.25) is 0 Å². The highest BCUT2D eigenvalue weighted by atomic mass is 35.5. The summed E-state index contributed by atoms with van der Waals surface area (Å²) in [6, 6.07) is 78.4. The molecular weight excluding hydrogens is 966 g/mol. The predicted octanol–water partition coefficient (Wildman–Crippen LogP) is 22.6. The minimum absolute atomic E-state index is 0.0142. The summed E-state index contributed by atoms with van der Waals surface area (Å²) in [5.74, 6) is 0. The van der Waals surface area contributed by atoms with Gasteiger partial charge >= 0.3 is 0 Å². The second-order valence-corrected chi connectivity index (χ2v) is 26.7. The van der Waals surface area contributed by atoms with E-state index in [4.69, 9.17) is 11.6 Å². The topological polar surface area (TPSA) is 9.72 Å². The van der Waals surface area contributed by atoms with Crippen LogP contribution in [0.1, 0.15) is 132 Å². The van der Waals surface area contributed by atoms with Crippen LogP contribution in [0.25, 0.3) is 22.3 Å². The summed E-state index contributed by atoms with van der Waals surface area (Å²) in [5, 5.41) is 0.607. The Balaban J connectivity index is 1.40. The first-order valence-electron chi connectivity index (χ1n) is 27.8. The number of hydrogen-bond acceptors (Lipinski definition) is 3. The summed E-state index contributed by atoms with van der Waals surface area (Å²) < 4.78 is 0. The van der Waals surface area contributed by atoms with Gasteiger partial charge in [-0.1, -0.05) is 237 Å². The zero-order chi connectivity index (χ0) is 56.0. The fourth-order valence-electron chi connectivity index (χ4n) is 10.2. The summed E-state index contributed by atoms with van der Waals surface area (Å²) in [4.78, 5) is 7.08. The van der Waals surface area contributed by atoms with Gasteiger partial charge in [-0.2, -0.15) is 0 Å². The molecule has 4 heteroatoms. The van der Waals surface area contributed by atoms with Gasteiger partial charge in [-0.15, -0.1) is 0 Å². The van der Waals surface area contributed by atoms with Crippen LogP contribution in [0.3, 0.4) is 0 Å². The molecule has 0 N–H and O–H groups in total. The molecule has 9 rings (SSSR count). The SMILES string of the molecule is CC(C)(C)c1ccc(-c2cc(-c3ccc(C(C)(C)C)cc3)cc(N(c3ccc(C(C)(C)C)cc3)c3cc(N(c4ccccc4)c4ccccc4)cc(N(c4ccc(C(C)(C)C)cc4)c4ccc(C(C)(C)C)cc4)c3Cl)c2)cc1. The Labute approximate surface area is 473 Å². The van der Waals surface area contributed by atoms with E-state index in [0.29, 0.717) is 5.02 Å². The first-order valence-corrected chi connectivity index (χ1v) is 28.1. The molecule has 9 aromatic rings. The Kier molecular flexibility index (Phi) is 15.3. The maximum atomic E-state index is 8.41. The van der Waals surface area contributed by atoms with Crippen LogP contribution in [-0.4, -0.2) is 0 Å². The van der Waals surface area contributed by atoms with Crippen LogP contribution in [0.5, 0.6) is 0 Å². The fourth-order valence-corrected chi connectivity index (χ4v) is 10.5. The van der Waals surface area contributed by atoms with Crippen molar-refractivity contribution in [1.29, 1.82) is 0 Å². The van der Waals surface area contributed by atoms with Gasteiger partial charge in [-0.05, 0) is 168 Å². The molecule has 0 aliphatic carbocycles. The summed E-state index contributed by atoms with van der Waals surface area (Å²) >= 11 is 8.41. The second-order valence-electron chi connectivity index (χ2n) is 26.3. The van der Waals surface area contributed by atoms with Crippen molar-refractivity contribution < 1.29 is 0 Å². The van der Waals surface area contributed by atoms with Crippen LogP contribution in [0, 0.1) is 0 Å². The van der Waals surface area contributed by atoms with Gasteiger partial charge in [0.05, 0.1) is 22.1 Å². The molecule has 9 aromatic carbocycles. The first kappa shape index (κ1) is 55.4. The molecule has 0 saturated carbocycles. The third-order valence-electron chi connectivity index (χ3n) is 15.1. The van der Waals surface area contributed by atoms with Gasteiger partial charge in [0.25, 0.3) is 0 Å². The van der Waals surface area contributed by atoms with Gasteiger partial charge in [0, 0.05) is 34.1 Å². The summed E-state index contributed by atoms with van der Waals surface area (Å²) in [7, 11) is 0. The number of halogens is 1. The molecule has 0 saturated heterocycles. The number of hydrogen-bond donors (Lipinski definition) is 0. The molecule has 398 valence electrons. The van der Waals surface area contributed by atoms with Crippen LogP contribution < -0.4 is 14.7 Å². The molecule has 3 nitrogen and oxygen atoms in total. The van der Waals surface area contributed by atoms with E-state index >= 15 is 0 Å². The van der Waals surface area contributed by atoms with Crippen molar-refractivity contribution >= 4 is 62.8 Å². The Hall–Kier alpha value is -7.33. The number of benzene rings is 9. The molecule has 0 radical (unpaired) electrons. The minimum atomic E-state index is -0.0585. The van der Waals surface area contributed by atoms with Crippen molar-refractivity contribution in [1.82, 2.24) is 0 Å². The zero-order valence-corrected chi connectivity index (χ0v) is 49.7. The summed E-state index contributed by atoms with van der Waals surface area (Å²) in [6.07, 6.45) is 0. The minimum Gasteiger partial charge on any atom is -0.310 e. The van der Waals surface area contributed by atoms with Crippen LogP contribution in [0.2, 0.25) is 5.02 Å². The Morgan fingerprint density at radius 3 is 0.756 bits per heavy atom. The Bertz CT molecular complexity index is 3300. The highest BCUT2D eigenvalue weighted by molar-refractivity contribution is 6.37. The lowest BCUT2D eigenvalue weighted by molar-refractivity contribution is 0.590. The smallest absolute Gasteiger partial charge is 0.0888 e. The molecule has 0 amide bonds. The maximum Gasteiger partial charge on any atom is 0.0888 e. The van der Waals surface area contributed by atoms with Gasteiger partial charge in [0.15, 0.2) is 0 Å². The van der Waals surface area contributed by atoms with Crippen molar-refractivity contribution in [3.63, 3.8) is 0 Å². The quantitative estimate of drug-likeness (QED) is 0.128. The number of anilines is 9. The zero-order valence-electron chi connectivity index (χ0n) is 48.9. The second kappa shape index (κ2) is 21.5. The number of para-hydroxylation sites is 2. The lowest BCUT2D eigenvalue weighted by Gasteiger charge is -2.35. The van der Waals surface area contributed by atoms with E-state index in [9.17, 15) is 0 Å². The lowest BCUT2D eigenvalue weighted by Crippen LogP contribution is -2.18. The molecule has 0 aromatic heterocycles. The van der Waals surface area contributed by atoms with Crippen LogP contribution in [0.15, 0.2) is 212 Å². The Morgan fingerprint density at radius 1 is 0.231 bits per heavy atom. The normalized spacial score (nSPS) is 12.4. The fraction of sp³-hybridized carbons (Fsp3) is 0.270. The summed E-state index contributed by atoms with van der Waals surface area (Å²) in [6.45, 7) is 34.1. The van der Waals surface area contributed by atoms with Gasteiger partial charge in [0.1, 0.15) is 0 Å². The van der Waals surface area contributed by atoms with E-state index in [0.717, 1.165) is 73.4 Å². The molecule has 0 fully saturated rings. The monoisotopic (exact) mass is 1050 g/mol. The molecule has 0 aliphatic heterocycles. The molecule has 0 atom stereocenters. The average Bonchev–Trinajstić information content (AvgIpc) is 3.47. The van der Waals surface area contributed by atoms with Crippen molar-refractivity contribution in [2.24, 2.45) is 0 Å². The molecule has 0 bridgehead atoms. The van der Waals surface area contributed by atoms with Gasteiger partial charge in [-0.25, -0.2) is 0 Å². The van der Waals surface area contributed by atoms with Crippen molar-refractivity contribution in [3.8, 4) is 22.3 Å². The maximum absolute atomic E-state index is 8.41.